The lowest BCUT2D eigenvalue weighted by Gasteiger charge is -2.29. The summed E-state index contributed by atoms with van der Waals surface area (Å²) < 4.78 is 5.25. The predicted molar refractivity (Wildman–Crippen MR) is 91.3 cm³/mol. The molecule has 7 heteroatoms. The summed E-state index contributed by atoms with van der Waals surface area (Å²) in [6.07, 6.45) is 4.36. The third-order valence-corrected chi connectivity index (χ3v) is 6.12. The van der Waals surface area contributed by atoms with E-state index in [4.69, 9.17) is 4.42 Å². The number of carbonyl (C=O) groups is 2. The lowest BCUT2D eigenvalue weighted by molar-refractivity contribution is -0.135. The van der Waals surface area contributed by atoms with Crippen LogP contribution in [0.1, 0.15) is 19.8 Å². The van der Waals surface area contributed by atoms with E-state index < -0.39 is 6.04 Å². The quantitative estimate of drug-likeness (QED) is 0.927. The van der Waals surface area contributed by atoms with E-state index in [1.807, 2.05) is 31.2 Å². The van der Waals surface area contributed by atoms with Crippen LogP contribution >= 0.6 is 11.8 Å². The minimum Gasteiger partial charge on any atom is -0.444 e. The first-order valence-corrected chi connectivity index (χ1v) is 8.81. The summed E-state index contributed by atoms with van der Waals surface area (Å²) in [5.74, 6) is 1.26. The number of hydrogen-bond acceptors (Lipinski definition) is 5. The highest BCUT2D eigenvalue weighted by Crippen LogP contribution is 2.47. The number of hydrogen-bond donors (Lipinski definition) is 1. The van der Waals surface area contributed by atoms with Crippen LogP contribution in [0.25, 0.3) is 11.3 Å². The number of rotatable bonds is 3. The molecule has 2 atom stereocenters. The molecule has 2 aliphatic rings. The van der Waals surface area contributed by atoms with Gasteiger partial charge in [-0.3, -0.25) is 9.59 Å². The highest BCUT2D eigenvalue weighted by atomic mass is 32.2. The zero-order chi connectivity index (χ0) is 16.7. The van der Waals surface area contributed by atoms with Gasteiger partial charge in [0.05, 0.1) is 11.1 Å². The molecule has 4 rings (SSSR count). The van der Waals surface area contributed by atoms with Crippen molar-refractivity contribution in [3.05, 3.63) is 36.9 Å². The van der Waals surface area contributed by atoms with Crippen LogP contribution in [0, 0.1) is 0 Å². The van der Waals surface area contributed by atoms with Gasteiger partial charge in [0.2, 0.25) is 11.8 Å². The van der Waals surface area contributed by atoms with Crippen LogP contribution in [0.4, 0.5) is 5.69 Å². The first-order valence-electron chi connectivity index (χ1n) is 7.83. The van der Waals surface area contributed by atoms with Gasteiger partial charge in [0.1, 0.15) is 6.04 Å². The van der Waals surface area contributed by atoms with Crippen LogP contribution in [0.5, 0.6) is 0 Å². The first-order chi connectivity index (χ1) is 11.6. The summed E-state index contributed by atoms with van der Waals surface area (Å²) in [5.41, 5.74) is 1.60. The minimum absolute atomic E-state index is 0.0725. The van der Waals surface area contributed by atoms with Crippen molar-refractivity contribution in [2.24, 2.45) is 0 Å². The maximum Gasteiger partial charge on any atom is 0.248 e. The number of carbonyl (C=O) groups excluding carboxylic acids is 2. The predicted octanol–water partition coefficient (Wildman–Crippen LogP) is 2.73. The van der Waals surface area contributed by atoms with E-state index >= 15 is 0 Å². The summed E-state index contributed by atoms with van der Waals surface area (Å²) in [6.45, 7) is 2.04. The van der Waals surface area contributed by atoms with Gasteiger partial charge < -0.3 is 14.6 Å². The van der Waals surface area contributed by atoms with Gasteiger partial charge in [-0.05, 0) is 37.6 Å². The molecule has 2 aliphatic heterocycles. The molecule has 2 unspecified atom stereocenters. The van der Waals surface area contributed by atoms with Gasteiger partial charge in [0.25, 0.3) is 0 Å². The van der Waals surface area contributed by atoms with Gasteiger partial charge in [-0.15, -0.1) is 11.8 Å². The Balaban J connectivity index is 1.47. The van der Waals surface area contributed by atoms with Crippen molar-refractivity contribution < 1.29 is 14.0 Å². The average Bonchev–Trinajstić information content (AvgIpc) is 3.27. The molecule has 1 N–H and O–H groups in total. The highest BCUT2D eigenvalue weighted by molar-refractivity contribution is 8.01. The summed E-state index contributed by atoms with van der Waals surface area (Å²) in [7, 11) is 0. The molecule has 0 spiro atoms. The Morgan fingerprint density at radius 1 is 1.42 bits per heavy atom. The second-order valence-electron chi connectivity index (χ2n) is 6.20. The molecule has 24 heavy (non-hydrogen) atoms. The summed E-state index contributed by atoms with van der Waals surface area (Å²) in [4.78, 5) is 30.2. The van der Waals surface area contributed by atoms with Gasteiger partial charge in [-0.25, -0.2) is 4.98 Å². The van der Waals surface area contributed by atoms with Crippen molar-refractivity contribution in [3.63, 3.8) is 0 Å². The molecule has 2 amide bonds. The second-order valence-corrected chi connectivity index (χ2v) is 7.70. The van der Waals surface area contributed by atoms with E-state index in [0.717, 1.165) is 12.0 Å². The Labute approximate surface area is 143 Å². The fraction of sp³-hybridized carbons (Fsp3) is 0.353. The van der Waals surface area contributed by atoms with Crippen LogP contribution in [0.15, 0.2) is 41.3 Å². The summed E-state index contributed by atoms with van der Waals surface area (Å²) in [6, 6.07) is 6.98. The fourth-order valence-corrected chi connectivity index (χ4v) is 4.75. The number of nitrogens with one attached hydrogen (secondary N) is 1. The molecule has 0 radical (unpaired) electrons. The van der Waals surface area contributed by atoms with Gasteiger partial charge >= 0.3 is 0 Å². The second kappa shape index (κ2) is 5.66. The fourth-order valence-electron chi connectivity index (χ4n) is 3.32. The van der Waals surface area contributed by atoms with Gasteiger partial charge in [-0.1, -0.05) is 0 Å². The van der Waals surface area contributed by atoms with Crippen LogP contribution < -0.4 is 5.32 Å². The van der Waals surface area contributed by atoms with E-state index in [1.165, 1.54) is 6.39 Å². The van der Waals surface area contributed by atoms with Gasteiger partial charge in [0.15, 0.2) is 12.2 Å². The van der Waals surface area contributed by atoms with Crippen LogP contribution in [0.3, 0.4) is 0 Å². The smallest absolute Gasteiger partial charge is 0.248 e. The molecular formula is C17H17N3O3S. The van der Waals surface area contributed by atoms with Crippen LogP contribution in [0.2, 0.25) is 0 Å². The molecule has 0 aliphatic carbocycles. The van der Waals surface area contributed by atoms with E-state index in [2.05, 4.69) is 10.3 Å². The third kappa shape index (κ3) is 2.49. The topological polar surface area (TPSA) is 75.4 Å². The number of amides is 2. The molecule has 124 valence electrons. The Bertz CT molecular complexity index is 775. The van der Waals surface area contributed by atoms with Crippen molar-refractivity contribution in [2.75, 3.05) is 11.1 Å². The number of nitrogens with zero attached hydrogens (tertiary/aromatic N) is 2. The van der Waals surface area contributed by atoms with E-state index in [9.17, 15) is 9.59 Å². The largest absolute Gasteiger partial charge is 0.444 e. The Hall–Kier alpha value is -2.28. The van der Waals surface area contributed by atoms with Crippen molar-refractivity contribution >= 4 is 29.3 Å². The summed E-state index contributed by atoms with van der Waals surface area (Å²) in [5, 5.41) is 2.91. The standard InChI is InChI=1S/C17H17N3O3S/c1-17-7-6-15(21)20(17)13(9-24-17)16(22)19-12-4-2-11(3-5-12)14-8-18-10-23-14/h2-5,8,10,13H,6-7,9H2,1H3,(H,19,22). The lowest BCUT2D eigenvalue weighted by atomic mass is 10.1. The van der Waals surface area contributed by atoms with Crippen LogP contribution in [-0.4, -0.2) is 38.4 Å². The zero-order valence-corrected chi connectivity index (χ0v) is 14.0. The van der Waals surface area contributed by atoms with Gasteiger partial charge in [0, 0.05) is 23.4 Å². The number of fused-ring (bicyclic) bond motifs is 1. The molecule has 2 fully saturated rings. The Morgan fingerprint density at radius 3 is 2.92 bits per heavy atom. The van der Waals surface area contributed by atoms with Crippen molar-refractivity contribution in [1.29, 1.82) is 0 Å². The van der Waals surface area contributed by atoms with E-state index in [0.29, 0.717) is 23.6 Å². The molecule has 3 heterocycles. The molecule has 0 saturated carbocycles. The summed E-state index contributed by atoms with van der Waals surface area (Å²) >= 11 is 1.69. The average molecular weight is 343 g/mol. The van der Waals surface area contributed by atoms with Gasteiger partial charge in [-0.2, -0.15) is 0 Å². The number of oxazole rings is 1. The molecule has 2 aromatic rings. The van der Waals surface area contributed by atoms with E-state index in [1.54, 1.807) is 22.9 Å². The SMILES string of the molecule is CC12CCC(=O)N1C(C(=O)Nc1ccc(-c3cnco3)cc1)CS2. The van der Waals surface area contributed by atoms with Crippen LogP contribution in [-0.2, 0) is 9.59 Å². The van der Waals surface area contributed by atoms with Crippen molar-refractivity contribution in [2.45, 2.75) is 30.7 Å². The maximum absolute atomic E-state index is 12.6. The molecule has 6 nitrogen and oxygen atoms in total. The molecule has 0 bridgehead atoms. The highest BCUT2D eigenvalue weighted by Gasteiger charge is 2.52. The maximum atomic E-state index is 12.6. The minimum atomic E-state index is -0.399. The monoisotopic (exact) mass is 343 g/mol. The van der Waals surface area contributed by atoms with E-state index in [-0.39, 0.29) is 16.7 Å². The molecule has 1 aromatic carbocycles. The molecule has 2 saturated heterocycles. The number of thioether (sulfide) groups is 1. The Morgan fingerprint density at radius 2 is 2.21 bits per heavy atom. The normalized spacial score (nSPS) is 25.8. The lowest BCUT2D eigenvalue weighted by Crippen LogP contribution is -2.48. The zero-order valence-electron chi connectivity index (χ0n) is 13.2. The number of anilines is 1. The number of aromatic nitrogens is 1. The number of benzene rings is 1. The third-order valence-electron chi connectivity index (χ3n) is 4.62. The van der Waals surface area contributed by atoms with Crippen molar-refractivity contribution in [1.82, 2.24) is 9.88 Å². The van der Waals surface area contributed by atoms with Crippen molar-refractivity contribution in [3.8, 4) is 11.3 Å². The Kier molecular flexibility index (Phi) is 3.60. The molecular weight excluding hydrogens is 326 g/mol. The molecule has 1 aromatic heterocycles. The first kappa shape index (κ1) is 15.3.